The number of amides is 1. The van der Waals surface area contributed by atoms with Crippen molar-refractivity contribution in [2.24, 2.45) is 5.10 Å². The van der Waals surface area contributed by atoms with Crippen LogP contribution in [0.15, 0.2) is 32.9 Å². The normalized spacial score (nSPS) is 10.8. The zero-order chi connectivity index (χ0) is 19.8. The summed E-state index contributed by atoms with van der Waals surface area (Å²) in [5, 5.41) is 3.91. The number of carbonyl (C=O) groups is 1. The molecule has 0 aliphatic carbocycles. The Balaban J connectivity index is 2.10. The number of benzene rings is 1. The Kier molecular flexibility index (Phi) is 6.93. The van der Waals surface area contributed by atoms with Crippen LogP contribution >= 0.6 is 0 Å². The van der Waals surface area contributed by atoms with Gasteiger partial charge in [0.1, 0.15) is 0 Å². The number of nitrogens with zero attached hydrogens (tertiary/aromatic N) is 1. The molecule has 0 atom stereocenters. The zero-order valence-electron chi connectivity index (χ0n) is 15.4. The van der Waals surface area contributed by atoms with E-state index in [9.17, 15) is 14.4 Å². The molecule has 9 heteroatoms. The standard InChI is InChI=1S/C18H22N4O5/c1-4-8-27-16-12(6-5-7-14(16)26-3)10-19-22-15(23)9-13-11(2)20-18(25)21-17(13)24/h5-7,10H,4,8-9H2,1-3H3,(H,22,23)(H2,20,21,24,25)/b19-10-. The summed E-state index contributed by atoms with van der Waals surface area (Å²) in [4.78, 5) is 39.5. The number of aryl methyl sites for hydroxylation is 1. The second kappa shape index (κ2) is 9.37. The molecule has 0 unspecified atom stereocenters. The molecular weight excluding hydrogens is 352 g/mol. The second-order valence-corrected chi connectivity index (χ2v) is 5.71. The zero-order valence-corrected chi connectivity index (χ0v) is 15.4. The maximum Gasteiger partial charge on any atom is 0.325 e. The molecule has 3 N–H and O–H groups in total. The van der Waals surface area contributed by atoms with Gasteiger partial charge in [0.2, 0.25) is 5.91 Å². The summed E-state index contributed by atoms with van der Waals surface area (Å²) < 4.78 is 11.0. The number of para-hydroxylation sites is 1. The number of hydrogen-bond acceptors (Lipinski definition) is 6. The molecule has 1 amide bonds. The predicted octanol–water partition coefficient (Wildman–Crippen LogP) is 0.862. The fourth-order valence-electron chi connectivity index (χ4n) is 2.37. The maximum atomic E-state index is 12.0. The molecular formula is C18H22N4O5. The van der Waals surface area contributed by atoms with Gasteiger partial charge in [-0.2, -0.15) is 5.10 Å². The number of rotatable bonds is 8. The molecule has 0 spiro atoms. The monoisotopic (exact) mass is 374 g/mol. The van der Waals surface area contributed by atoms with Crippen molar-refractivity contribution in [1.29, 1.82) is 0 Å². The van der Waals surface area contributed by atoms with Crippen LogP contribution < -0.4 is 26.1 Å². The number of nitrogens with one attached hydrogen (secondary N) is 3. The Morgan fingerprint density at radius 1 is 1.30 bits per heavy atom. The molecule has 0 aliphatic rings. The Hall–Kier alpha value is -3.36. The van der Waals surface area contributed by atoms with Crippen molar-refractivity contribution in [3.8, 4) is 11.5 Å². The molecule has 2 rings (SSSR count). The molecule has 27 heavy (non-hydrogen) atoms. The average molecular weight is 374 g/mol. The van der Waals surface area contributed by atoms with Crippen LogP contribution in [0.4, 0.5) is 0 Å². The highest BCUT2D eigenvalue weighted by Gasteiger charge is 2.11. The molecule has 9 nitrogen and oxygen atoms in total. The molecule has 1 heterocycles. The highest BCUT2D eigenvalue weighted by Crippen LogP contribution is 2.30. The van der Waals surface area contributed by atoms with E-state index < -0.39 is 17.2 Å². The second-order valence-electron chi connectivity index (χ2n) is 5.71. The maximum absolute atomic E-state index is 12.0. The number of hydrogen-bond donors (Lipinski definition) is 3. The van der Waals surface area contributed by atoms with Crippen LogP contribution in [0.1, 0.15) is 30.2 Å². The third kappa shape index (κ3) is 5.30. The number of aromatic amines is 2. The van der Waals surface area contributed by atoms with Crippen molar-refractivity contribution in [2.45, 2.75) is 26.7 Å². The van der Waals surface area contributed by atoms with Crippen LogP contribution in [-0.4, -0.2) is 35.8 Å². The van der Waals surface area contributed by atoms with Crippen LogP contribution in [0, 0.1) is 6.92 Å². The molecule has 2 aromatic rings. The minimum atomic E-state index is -0.614. The molecule has 0 radical (unpaired) electrons. The first-order chi connectivity index (χ1) is 13.0. The summed E-state index contributed by atoms with van der Waals surface area (Å²) in [6.45, 7) is 4.06. The number of methoxy groups -OCH3 is 1. The Labute approximate surface area is 155 Å². The van der Waals surface area contributed by atoms with Gasteiger partial charge >= 0.3 is 5.69 Å². The number of aromatic nitrogens is 2. The van der Waals surface area contributed by atoms with E-state index in [4.69, 9.17) is 9.47 Å². The predicted molar refractivity (Wildman–Crippen MR) is 101 cm³/mol. The first kappa shape index (κ1) is 20.0. The third-order valence-corrected chi connectivity index (χ3v) is 3.66. The van der Waals surface area contributed by atoms with Crippen molar-refractivity contribution in [3.05, 3.63) is 55.9 Å². The topological polar surface area (TPSA) is 126 Å². The first-order valence-electron chi connectivity index (χ1n) is 8.40. The SMILES string of the molecule is CCCOc1c(/C=N\NC(=O)Cc2c(C)[nH]c(=O)[nH]c2=O)cccc1OC. The van der Waals surface area contributed by atoms with E-state index >= 15 is 0 Å². The van der Waals surface area contributed by atoms with Crippen LogP contribution in [0.25, 0.3) is 0 Å². The number of carbonyl (C=O) groups excluding carboxylic acids is 1. The number of hydrazone groups is 1. The average Bonchev–Trinajstić information content (AvgIpc) is 2.63. The van der Waals surface area contributed by atoms with Crippen molar-refractivity contribution in [1.82, 2.24) is 15.4 Å². The largest absolute Gasteiger partial charge is 0.493 e. The van der Waals surface area contributed by atoms with Crippen molar-refractivity contribution >= 4 is 12.1 Å². The lowest BCUT2D eigenvalue weighted by Gasteiger charge is -2.12. The van der Waals surface area contributed by atoms with E-state index in [1.807, 2.05) is 6.92 Å². The molecule has 144 valence electrons. The van der Waals surface area contributed by atoms with E-state index in [2.05, 4.69) is 20.5 Å². The Morgan fingerprint density at radius 3 is 2.74 bits per heavy atom. The van der Waals surface area contributed by atoms with E-state index in [-0.39, 0.29) is 12.0 Å². The van der Waals surface area contributed by atoms with E-state index in [0.717, 1.165) is 6.42 Å². The summed E-state index contributed by atoms with van der Waals surface area (Å²) in [5.74, 6) is 0.604. The van der Waals surface area contributed by atoms with Crippen LogP contribution in [-0.2, 0) is 11.2 Å². The van der Waals surface area contributed by atoms with Gasteiger partial charge < -0.3 is 14.5 Å². The molecule has 0 saturated heterocycles. The summed E-state index contributed by atoms with van der Waals surface area (Å²) in [5.41, 5.74) is 2.30. The van der Waals surface area contributed by atoms with E-state index in [1.165, 1.54) is 6.21 Å². The summed E-state index contributed by atoms with van der Waals surface area (Å²) in [6.07, 6.45) is 2.06. The lowest BCUT2D eigenvalue weighted by Crippen LogP contribution is -2.30. The minimum Gasteiger partial charge on any atom is -0.493 e. The Morgan fingerprint density at radius 2 is 2.07 bits per heavy atom. The van der Waals surface area contributed by atoms with Gasteiger partial charge in [-0.05, 0) is 25.5 Å². The summed E-state index contributed by atoms with van der Waals surface area (Å²) in [6, 6.07) is 5.33. The van der Waals surface area contributed by atoms with Gasteiger partial charge in [-0.15, -0.1) is 0 Å². The van der Waals surface area contributed by atoms with Crippen LogP contribution in [0.3, 0.4) is 0 Å². The van der Waals surface area contributed by atoms with Gasteiger partial charge in [-0.25, -0.2) is 10.2 Å². The van der Waals surface area contributed by atoms with Gasteiger partial charge in [0, 0.05) is 16.8 Å². The number of H-pyrrole nitrogens is 2. The van der Waals surface area contributed by atoms with E-state index in [0.29, 0.717) is 29.4 Å². The molecule has 0 aliphatic heterocycles. The van der Waals surface area contributed by atoms with Gasteiger partial charge in [0.05, 0.1) is 26.4 Å². The van der Waals surface area contributed by atoms with Gasteiger partial charge in [0.25, 0.3) is 5.56 Å². The third-order valence-electron chi connectivity index (χ3n) is 3.66. The van der Waals surface area contributed by atoms with Crippen LogP contribution in [0.2, 0.25) is 0 Å². The van der Waals surface area contributed by atoms with Crippen LogP contribution in [0.5, 0.6) is 11.5 Å². The molecule has 1 aromatic carbocycles. The quantitative estimate of drug-likeness (QED) is 0.467. The molecule has 1 aromatic heterocycles. The Bertz CT molecular complexity index is 945. The molecule has 0 fully saturated rings. The lowest BCUT2D eigenvalue weighted by molar-refractivity contribution is -0.120. The smallest absolute Gasteiger partial charge is 0.325 e. The highest BCUT2D eigenvalue weighted by molar-refractivity contribution is 5.86. The number of ether oxygens (including phenoxy) is 2. The molecule has 0 bridgehead atoms. The lowest BCUT2D eigenvalue weighted by atomic mass is 10.1. The highest BCUT2D eigenvalue weighted by atomic mass is 16.5. The summed E-state index contributed by atoms with van der Waals surface area (Å²) >= 11 is 0. The minimum absolute atomic E-state index is 0.177. The first-order valence-corrected chi connectivity index (χ1v) is 8.40. The van der Waals surface area contributed by atoms with Gasteiger partial charge in [0.15, 0.2) is 11.5 Å². The van der Waals surface area contributed by atoms with E-state index in [1.54, 1.807) is 32.2 Å². The fraction of sp³-hybridized carbons (Fsp3) is 0.333. The van der Waals surface area contributed by atoms with Crippen molar-refractivity contribution in [3.63, 3.8) is 0 Å². The van der Waals surface area contributed by atoms with Crippen molar-refractivity contribution in [2.75, 3.05) is 13.7 Å². The fourth-order valence-corrected chi connectivity index (χ4v) is 2.37. The van der Waals surface area contributed by atoms with Gasteiger partial charge in [-0.3, -0.25) is 14.6 Å². The molecule has 0 saturated carbocycles. The van der Waals surface area contributed by atoms with Crippen molar-refractivity contribution < 1.29 is 14.3 Å². The summed E-state index contributed by atoms with van der Waals surface area (Å²) in [7, 11) is 1.54. The van der Waals surface area contributed by atoms with Gasteiger partial charge in [-0.1, -0.05) is 13.0 Å².